The molecule has 12 heteroatoms. The lowest BCUT2D eigenvalue weighted by Gasteiger charge is -2.50. The third-order valence-corrected chi connectivity index (χ3v) is 2.41. The zero-order valence-electron chi connectivity index (χ0n) is 7.60. The van der Waals surface area contributed by atoms with E-state index in [1.807, 2.05) is 0 Å². The monoisotopic (exact) mass is 298 g/mol. The molecule has 18 heavy (non-hydrogen) atoms. The molecule has 0 aromatic rings. The fourth-order valence-electron chi connectivity index (χ4n) is 1.20. The van der Waals surface area contributed by atoms with E-state index in [0.717, 1.165) is 0 Å². The van der Waals surface area contributed by atoms with Gasteiger partial charge in [0.1, 0.15) is 0 Å². The first-order valence-corrected chi connectivity index (χ1v) is 3.80. The highest BCUT2D eigenvalue weighted by Crippen LogP contribution is 2.68. The molecule has 108 valence electrons. The van der Waals surface area contributed by atoms with Gasteiger partial charge in [0.2, 0.25) is 0 Å². The number of halogens is 11. The van der Waals surface area contributed by atoms with Crippen LogP contribution in [0.4, 0.5) is 48.3 Å². The summed E-state index contributed by atoms with van der Waals surface area (Å²) >= 11 is 0. The van der Waals surface area contributed by atoms with E-state index < -0.39 is 35.5 Å². The molecule has 1 saturated carbocycles. The molecule has 0 atom stereocenters. The van der Waals surface area contributed by atoms with Crippen LogP contribution in [0.25, 0.3) is 0 Å². The van der Waals surface area contributed by atoms with Crippen LogP contribution in [0.2, 0.25) is 0 Å². The van der Waals surface area contributed by atoms with Gasteiger partial charge in [-0.3, -0.25) is 0 Å². The van der Waals surface area contributed by atoms with Crippen LogP contribution in [0.15, 0.2) is 0 Å². The molecule has 0 amide bonds. The van der Waals surface area contributed by atoms with Crippen LogP contribution in [0.1, 0.15) is 0 Å². The number of alkyl halides is 11. The molecular weight excluding hydrogens is 297 g/mol. The summed E-state index contributed by atoms with van der Waals surface area (Å²) in [4.78, 5) is 0. The van der Waals surface area contributed by atoms with Gasteiger partial charge >= 0.3 is 35.5 Å². The molecule has 0 aliphatic heterocycles. The minimum atomic E-state index is -7.27. The maximum atomic E-state index is 12.5. The molecule has 0 aromatic carbocycles. The lowest BCUT2D eigenvalue weighted by molar-refractivity contribution is -0.519. The first-order valence-electron chi connectivity index (χ1n) is 3.80. The maximum absolute atomic E-state index is 12.5. The molecule has 1 fully saturated rings. The summed E-state index contributed by atoms with van der Waals surface area (Å²) in [6.07, 6.45) is 0. The summed E-state index contributed by atoms with van der Waals surface area (Å²) in [5.41, 5.74) is 0. The highest BCUT2D eigenvalue weighted by atomic mass is 19.4. The smallest absolute Gasteiger partial charge is 0.352 e. The van der Waals surface area contributed by atoms with Gasteiger partial charge in [0.05, 0.1) is 0 Å². The van der Waals surface area contributed by atoms with Crippen molar-refractivity contribution in [3.05, 3.63) is 0 Å². The molecule has 0 unspecified atom stereocenters. The Hall–Kier alpha value is -0.810. The predicted octanol–water partition coefficient (Wildman–Crippen LogP) is 2.83. The number of rotatable bonds is 0. The average molecular weight is 298 g/mol. The number of hydrogen-bond donors (Lipinski definition) is 1. The van der Waals surface area contributed by atoms with Crippen molar-refractivity contribution < 1.29 is 53.4 Å². The Kier molecular flexibility index (Phi) is 2.56. The molecule has 1 aliphatic rings. The molecule has 1 nitrogen and oxygen atoms in total. The third kappa shape index (κ3) is 1.08. The van der Waals surface area contributed by atoms with E-state index in [1.54, 1.807) is 0 Å². The molecule has 1 N–H and O–H groups in total. The maximum Gasteiger partial charge on any atom is 0.384 e. The molecule has 0 saturated heterocycles. The Morgan fingerprint density at radius 2 is 0.556 bits per heavy atom. The van der Waals surface area contributed by atoms with Gasteiger partial charge in [-0.2, -0.15) is 48.3 Å². The Balaban J connectivity index is 3.72. The van der Waals surface area contributed by atoms with Gasteiger partial charge < -0.3 is 5.11 Å². The first-order chi connectivity index (χ1) is 7.50. The largest absolute Gasteiger partial charge is 0.384 e. The van der Waals surface area contributed by atoms with Crippen LogP contribution in [0, 0.1) is 0 Å². The van der Waals surface area contributed by atoms with Crippen molar-refractivity contribution in [1.82, 2.24) is 0 Å². The second-order valence-corrected chi connectivity index (χ2v) is 3.49. The molecule has 1 rings (SSSR count). The van der Waals surface area contributed by atoms with E-state index in [9.17, 15) is 48.3 Å². The molecule has 0 aromatic heterocycles. The molecule has 0 heterocycles. The van der Waals surface area contributed by atoms with E-state index >= 15 is 0 Å². The molecule has 0 bridgehead atoms. The zero-order valence-corrected chi connectivity index (χ0v) is 7.60. The minimum Gasteiger partial charge on any atom is -0.352 e. The fraction of sp³-hybridized carbons (Fsp3) is 1.00. The van der Waals surface area contributed by atoms with E-state index in [-0.39, 0.29) is 0 Å². The van der Waals surface area contributed by atoms with Crippen LogP contribution >= 0.6 is 0 Å². The molecule has 0 spiro atoms. The van der Waals surface area contributed by atoms with E-state index in [1.165, 1.54) is 0 Å². The summed E-state index contributed by atoms with van der Waals surface area (Å²) in [5, 5.41) is 7.87. The van der Waals surface area contributed by atoms with Gasteiger partial charge in [-0.05, 0) is 0 Å². The average Bonchev–Trinajstić information content (AvgIpc) is 2.14. The van der Waals surface area contributed by atoms with Crippen molar-refractivity contribution in [1.29, 1.82) is 0 Å². The van der Waals surface area contributed by atoms with Gasteiger partial charge in [-0.1, -0.05) is 0 Å². The lowest BCUT2D eigenvalue weighted by Crippen LogP contribution is -2.83. The molecule has 0 radical (unpaired) electrons. The minimum absolute atomic E-state index is 6.85. The Labute approximate surface area is 90.2 Å². The second-order valence-electron chi connectivity index (χ2n) is 3.49. The van der Waals surface area contributed by atoms with Crippen molar-refractivity contribution in [2.45, 2.75) is 35.5 Å². The summed E-state index contributed by atoms with van der Waals surface area (Å²) in [5.74, 6) is -42.8. The number of hydrogen-bond acceptors (Lipinski definition) is 1. The third-order valence-electron chi connectivity index (χ3n) is 2.41. The lowest BCUT2D eigenvalue weighted by atomic mass is 9.79. The van der Waals surface area contributed by atoms with E-state index in [4.69, 9.17) is 5.11 Å². The summed E-state index contributed by atoms with van der Waals surface area (Å²) in [6, 6.07) is 0. The van der Waals surface area contributed by atoms with Crippen molar-refractivity contribution >= 4 is 0 Å². The van der Waals surface area contributed by atoms with Crippen LogP contribution in [-0.2, 0) is 0 Å². The van der Waals surface area contributed by atoms with Crippen LogP contribution in [0.5, 0.6) is 0 Å². The normalized spacial score (nSPS) is 34.0. The van der Waals surface area contributed by atoms with Crippen molar-refractivity contribution in [3.63, 3.8) is 0 Å². The highest BCUT2D eigenvalue weighted by Gasteiger charge is 3.01. The fourth-order valence-corrected chi connectivity index (χ4v) is 1.20. The van der Waals surface area contributed by atoms with E-state index in [2.05, 4.69) is 0 Å². The Morgan fingerprint density at radius 3 is 0.778 bits per heavy atom. The van der Waals surface area contributed by atoms with Crippen molar-refractivity contribution in [2.24, 2.45) is 0 Å². The quantitative estimate of drug-likeness (QED) is 0.682. The van der Waals surface area contributed by atoms with E-state index in [0.29, 0.717) is 0 Å². The Morgan fingerprint density at radius 1 is 0.389 bits per heavy atom. The van der Waals surface area contributed by atoms with Gasteiger partial charge in [0.25, 0.3) is 0 Å². The highest BCUT2D eigenvalue weighted by molar-refractivity contribution is 5.22. The standard InChI is InChI=1S/C6HF11O/c7-1(8)2(9,10)4(13,14)6(17,18)5(15,16)3(1,11)12/h18H. The summed E-state index contributed by atoms with van der Waals surface area (Å²) in [6.45, 7) is 0. The van der Waals surface area contributed by atoms with Gasteiger partial charge in [-0.25, -0.2) is 0 Å². The molecular formula is C6HF11O. The van der Waals surface area contributed by atoms with Gasteiger partial charge in [0.15, 0.2) is 0 Å². The van der Waals surface area contributed by atoms with Gasteiger partial charge in [0, 0.05) is 0 Å². The number of aliphatic hydroxyl groups is 1. The molecule has 1 aliphatic carbocycles. The van der Waals surface area contributed by atoms with Crippen LogP contribution < -0.4 is 0 Å². The topological polar surface area (TPSA) is 20.2 Å². The SMILES string of the molecule is OC1(F)C(F)(F)C(F)(F)C(F)(F)C(F)(F)C1(F)F. The first kappa shape index (κ1) is 15.2. The zero-order chi connectivity index (χ0) is 15.0. The summed E-state index contributed by atoms with van der Waals surface area (Å²) in [7, 11) is 0. The van der Waals surface area contributed by atoms with Crippen molar-refractivity contribution in [3.8, 4) is 0 Å². The van der Waals surface area contributed by atoms with Crippen LogP contribution in [-0.4, -0.2) is 40.6 Å². The van der Waals surface area contributed by atoms with Crippen molar-refractivity contribution in [2.75, 3.05) is 0 Å². The van der Waals surface area contributed by atoms with Gasteiger partial charge in [-0.15, -0.1) is 0 Å². The Bertz CT molecular complexity index is 253. The second kappa shape index (κ2) is 3.02. The predicted molar refractivity (Wildman–Crippen MR) is 30.8 cm³/mol. The summed E-state index contributed by atoms with van der Waals surface area (Å²) < 4.78 is 136. The van der Waals surface area contributed by atoms with Crippen LogP contribution in [0.3, 0.4) is 0 Å².